The first-order valence-corrected chi connectivity index (χ1v) is 19.3. The topological polar surface area (TPSA) is 6.48 Å². The number of benzene rings is 8. The van der Waals surface area contributed by atoms with Gasteiger partial charge in [0.25, 0.3) is 0 Å². The minimum absolute atomic E-state index is 1.10. The normalized spacial score (nSPS) is 11.4. The van der Waals surface area contributed by atoms with Gasteiger partial charge in [-0.3, -0.25) is 0 Å². The SMILES string of the molecule is Cc1ccc(C=Cc2ccc(N(c3ccc(C)cc3)c3ccc(N(c4ccc(C)cc4)c4ccc(C=Cc5ccc(C)cc5)cc4)c4ccccc34)cc2)cc1. The molecule has 272 valence electrons. The van der Waals surface area contributed by atoms with Crippen molar-refractivity contribution in [2.24, 2.45) is 0 Å². The Labute approximate surface area is 332 Å². The first kappa shape index (κ1) is 36.1. The van der Waals surface area contributed by atoms with Gasteiger partial charge in [-0.25, -0.2) is 0 Å². The highest BCUT2D eigenvalue weighted by molar-refractivity contribution is 6.07. The molecule has 0 amide bonds. The molecule has 2 heteroatoms. The van der Waals surface area contributed by atoms with Crippen molar-refractivity contribution in [2.45, 2.75) is 27.7 Å². The Balaban J connectivity index is 1.20. The average Bonchev–Trinajstić information content (AvgIpc) is 3.23. The summed E-state index contributed by atoms with van der Waals surface area (Å²) in [6, 6.07) is 66.0. The zero-order chi connectivity index (χ0) is 38.4. The highest BCUT2D eigenvalue weighted by atomic mass is 15.2. The molecule has 8 aromatic rings. The first-order valence-electron chi connectivity index (χ1n) is 19.3. The van der Waals surface area contributed by atoms with Gasteiger partial charge in [-0.05, 0) is 111 Å². The lowest BCUT2D eigenvalue weighted by Crippen LogP contribution is -2.13. The third-order valence-corrected chi connectivity index (χ3v) is 10.3. The van der Waals surface area contributed by atoms with Crippen molar-refractivity contribution in [3.05, 3.63) is 226 Å². The van der Waals surface area contributed by atoms with Gasteiger partial charge in [0, 0.05) is 33.5 Å². The fourth-order valence-corrected chi connectivity index (χ4v) is 7.11. The largest absolute Gasteiger partial charge is 0.310 e. The number of hydrogen-bond acceptors (Lipinski definition) is 2. The van der Waals surface area contributed by atoms with Crippen molar-refractivity contribution in [1.82, 2.24) is 0 Å². The van der Waals surface area contributed by atoms with Crippen LogP contribution in [0.25, 0.3) is 35.1 Å². The van der Waals surface area contributed by atoms with Gasteiger partial charge in [0.05, 0.1) is 11.4 Å². The molecule has 0 heterocycles. The van der Waals surface area contributed by atoms with Crippen LogP contribution in [0.2, 0.25) is 0 Å². The van der Waals surface area contributed by atoms with Gasteiger partial charge in [0.1, 0.15) is 0 Å². The molecule has 0 radical (unpaired) electrons. The standard InChI is InChI=1S/C54H46N2/c1-39-9-17-43(18-10-39)21-23-45-25-33-49(34-26-45)55(47-29-13-41(3)14-30-47)53-37-38-54(52-8-6-5-7-51(52)53)56(48-31-15-42(4)16-32-48)50-35-27-46(28-36-50)24-22-44-19-11-40(2)12-20-44/h5-38H,1-4H3. The highest BCUT2D eigenvalue weighted by Crippen LogP contribution is 2.45. The highest BCUT2D eigenvalue weighted by Gasteiger charge is 2.20. The molecule has 56 heavy (non-hydrogen) atoms. The van der Waals surface area contributed by atoms with E-state index in [0.717, 1.165) is 45.3 Å². The Morgan fingerprint density at radius 2 is 0.500 bits per heavy atom. The van der Waals surface area contributed by atoms with E-state index in [-0.39, 0.29) is 0 Å². The number of nitrogens with zero attached hydrogens (tertiary/aromatic N) is 2. The van der Waals surface area contributed by atoms with Crippen LogP contribution in [-0.2, 0) is 0 Å². The monoisotopic (exact) mass is 722 g/mol. The second-order valence-electron chi connectivity index (χ2n) is 14.7. The van der Waals surface area contributed by atoms with E-state index in [9.17, 15) is 0 Å². The van der Waals surface area contributed by atoms with Crippen molar-refractivity contribution >= 4 is 69.2 Å². The number of anilines is 6. The predicted molar refractivity (Wildman–Crippen MR) is 243 cm³/mol. The van der Waals surface area contributed by atoms with E-state index in [2.05, 4.69) is 244 Å². The molecule has 0 aromatic heterocycles. The number of rotatable bonds is 10. The summed E-state index contributed by atoms with van der Waals surface area (Å²) in [7, 11) is 0. The molecule has 2 nitrogen and oxygen atoms in total. The molecule has 0 bridgehead atoms. The predicted octanol–water partition coefficient (Wildman–Crippen LogP) is 15.4. The second kappa shape index (κ2) is 16.2. The lowest BCUT2D eigenvalue weighted by Gasteiger charge is -2.30. The van der Waals surface area contributed by atoms with Gasteiger partial charge in [-0.15, -0.1) is 0 Å². The lowest BCUT2D eigenvalue weighted by molar-refractivity contribution is 1.27. The molecule has 8 aromatic carbocycles. The summed E-state index contributed by atoms with van der Waals surface area (Å²) in [6.07, 6.45) is 8.71. The van der Waals surface area contributed by atoms with Gasteiger partial charge >= 0.3 is 0 Å². The lowest BCUT2D eigenvalue weighted by atomic mass is 10.0. The smallest absolute Gasteiger partial charge is 0.0541 e. The van der Waals surface area contributed by atoms with Gasteiger partial charge in [0.2, 0.25) is 0 Å². The molecule has 0 aliphatic carbocycles. The Morgan fingerprint density at radius 1 is 0.268 bits per heavy atom. The maximum Gasteiger partial charge on any atom is 0.0541 e. The number of aryl methyl sites for hydroxylation is 4. The number of fused-ring (bicyclic) bond motifs is 1. The second-order valence-corrected chi connectivity index (χ2v) is 14.7. The molecule has 0 N–H and O–H groups in total. The minimum atomic E-state index is 1.10. The van der Waals surface area contributed by atoms with E-state index < -0.39 is 0 Å². The van der Waals surface area contributed by atoms with Crippen LogP contribution in [0.5, 0.6) is 0 Å². The molecular weight excluding hydrogens is 677 g/mol. The van der Waals surface area contributed by atoms with Crippen LogP contribution in [0.4, 0.5) is 34.1 Å². The fraction of sp³-hybridized carbons (Fsp3) is 0.0741. The van der Waals surface area contributed by atoms with Crippen molar-refractivity contribution < 1.29 is 0 Å². The third-order valence-electron chi connectivity index (χ3n) is 10.3. The van der Waals surface area contributed by atoms with Crippen molar-refractivity contribution in [3.63, 3.8) is 0 Å². The van der Waals surface area contributed by atoms with Crippen molar-refractivity contribution in [1.29, 1.82) is 0 Å². The first-order chi connectivity index (χ1) is 27.4. The van der Waals surface area contributed by atoms with E-state index in [1.807, 2.05) is 0 Å². The summed E-state index contributed by atoms with van der Waals surface area (Å²) in [5.41, 5.74) is 16.4. The zero-order valence-electron chi connectivity index (χ0n) is 32.5. The van der Waals surface area contributed by atoms with Gasteiger partial charge in [-0.2, -0.15) is 0 Å². The molecule has 8 rings (SSSR count). The van der Waals surface area contributed by atoms with Crippen LogP contribution >= 0.6 is 0 Å². The van der Waals surface area contributed by atoms with E-state index in [1.165, 1.54) is 44.2 Å². The van der Waals surface area contributed by atoms with Crippen molar-refractivity contribution in [3.8, 4) is 0 Å². The molecular formula is C54H46N2. The maximum absolute atomic E-state index is 2.38. The molecule has 0 atom stereocenters. The van der Waals surface area contributed by atoms with E-state index in [0.29, 0.717) is 0 Å². The van der Waals surface area contributed by atoms with Crippen LogP contribution in [0.15, 0.2) is 182 Å². The summed E-state index contributed by atoms with van der Waals surface area (Å²) in [5, 5.41) is 2.34. The van der Waals surface area contributed by atoms with Crippen LogP contribution < -0.4 is 9.80 Å². The molecule has 0 spiro atoms. The summed E-state index contributed by atoms with van der Waals surface area (Å²) < 4.78 is 0. The van der Waals surface area contributed by atoms with Crippen LogP contribution in [0, 0.1) is 27.7 Å². The Kier molecular flexibility index (Phi) is 10.5. The molecule has 0 saturated heterocycles. The Morgan fingerprint density at radius 3 is 0.786 bits per heavy atom. The van der Waals surface area contributed by atoms with Crippen LogP contribution in [-0.4, -0.2) is 0 Å². The minimum Gasteiger partial charge on any atom is -0.310 e. The van der Waals surface area contributed by atoms with Crippen molar-refractivity contribution in [2.75, 3.05) is 9.80 Å². The van der Waals surface area contributed by atoms with Gasteiger partial charge in [0.15, 0.2) is 0 Å². The zero-order valence-corrected chi connectivity index (χ0v) is 32.5. The summed E-state index contributed by atoms with van der Waals surface area (Å²) in [5.74, 6) is 0. The molecule has 0 saturated carbocycles. The molecule has 0 aliphatic heterocycles. The molecule has 0 fully saturated rings. The van der Waals surface area contributed by atoms with E-state index >= 15 is 0 Å². The Hall–Kier alpha value is -6.90. The van der Waals surface area contributed by atoms with Gasteiger partial charge in [-0.1, -0.05) is 168 Å². The van der Waals surface area contributed by atoms with Crippen LogP contribution in [0.3, 0.4) is 0 Å². The fourth-order valence-electron chi connectivity index (χ4n) is 7.11. The molecule has 0 unspecified atom stereocenters. The van der Waals surface area contributed by atoms with Crippen LogP contribution in [0.1, 0.15) is 44.5 Å². The van der Waals surface area contributed by atoms with E-state index in [4.69, 9.17) is 0 Å². The van der Waals surface area contributed by atoms with E-state index in [1.54, 1.807) is 0 Å². The Bertz CT molecular complexity index is 2430. The quantitative estimate of drug-likeness (QED) is 0.130. The van der Waals surface area contributed by atoms with Gasteiger partial charge < -0.3 is 9.80 Å². The summed E-state index contributed by atoms with van der Waals surface area (Å²) >= 11 is 0. The summed E-state index contributed by atoms with van der Waals surface area (Å²) in [4.78, 5) is 4.76. The third kappa shape index (κ3) is 8.11. The molecule has 0 aliphatic rings. The summed E-state index contributed by atoms with van der Waals surface area (Å²) in [6.45, 7) is 8.52. The average molecular weight is 723 g/mol. The maximum atomic E-state index is 2.38. The number of hydrogen-bond donors (Lipinski definition) is 0.